The first kappa shape index (κ1) is 25.6. The number of rotatable bonds is 12. The molecule has 3 aliphatic carbocycles. The lowest BCUT2D eigenvalue weighted by Crippen LogP contribution is -2.19. The summed E-state index contributed by atoms with van der Waals surface area (Å²) in [6, 6.07) is 5.46. The number of sulfone groups is 1. The Morgan fingerprint density at radius 1 is 1.17 bits per heavy atom. The van der Waals surface area contributed by atoms with Crippen molar-refractivity contribution in [2.75, 3.05) is 5.75 Å². The second-order valence-corrected chi connectivity index (χ2v) is 14.7. The van der Waals surface area contributed by atoms with Gasteiger partial charge in [-0.2, -0.15) is 0 Å². The SMILES string of the molecule is O=C(O)CSc1cnc(CC(=O)[C@H](C[C@H]2CCC(=O)C2)c2ccc(S(=O)(=O)C3CC3)c(C3CC3)c2)s1. The van der Waals surface area contributed by atoms with Crippen molar-refractivity contribution in [3.8, 4) is 0 Å². The summed E-state index contributed by atoms with van der Waals surface area (Å²) in [6.07, 6.45) is 7.46. The molecule has 1 aromatic carbocycles. The van der Waals surface area contributed by atoms with Crippen LogP contribution in [-0.4, -0.2) is 47.0 Å². The van der Waals surface area contributed by atoms with E-state index in [1.54, 1.807) is 18.3 Å². The fourth-order valence-electron chi connectivity index (χ4n) is 5.04. The molecule has 1 heterocycles. The maximum absolute atomic E-state index is 13.6. The van der Waals surface area contributed by atoms with E-state index in [1.807, 2.05) is 6.07 Å². The van der Waals surface area contributed by atoms with Crippen molar-refractivity contribution in [2.24, 2.45) is 5.92 Å². The van der Waals surface area contributed by atoms with Crippen LogP contribution in [0.4, 0.5) is 0 Å². The van der Waals surface area contributed by atoms with Gasteiger partial charge in [0.2, 0.25) is 0 Å². The van der Waals surface area contributed by atoms with Gasteiger partial charge < -0.3 is 5.11 Å². The van der Waals surface area contributed by atoms with Gasteiger partial charge in [-0.25, -0.2) is 13.4 Å². The zero-order valence-electron chi connectivity index (χ0n) is 19.9. The summed E-state index contributed by atoms with van der Waals surface area (Å²) in [5.41, 5.74) is 1.68. The van der Waals surface area contributed by atoms with Crippen molar-refractivity contribution in [2.45, 2.75) is 84.0 Å². The second-order valence-electron chi connectivity index (χ2n) is 10.2. The summed E-state index contributed by atoms with van der Waals surface area (Å²) in [5, 5.41) is 9.26. The number of Topliss-reactive ketones (excluding diaryl/α,β-unsaturated/α-hetero) is 2. The molecular weight excluding hydrogens is 518 g/mol. The van der Waals surface area contributed by atoms with E-state index in [4.69, 9.17) is 5.11 Å². The summed E-state index contributed by atoms with van der Waals surface area (Å²) >= 11 is 2.51. The molecule has 2 aromatic rings. The Balaban J connectivity index is 1.41. The molecule has 2 atom stereocenters. The van der Waals surface area contributed by atoms with Gasteiger partial charge in [0, 0.05) is 18.8 Å². The second kappa shape index (κ2) is 10.4. The van der Waals surface area contributed by atoms with Crippen LogP contribution in [0.1, 0.15) is 79.3 Å². The van der Waals surface area contributed by atoms with Crippen LogP contribution in [0.25, 0.3) is 0 Å². The fourth-order valence-corrected chi connectivity index (χ4v) is 8.72. The first-order chi connectivity index (χ1) is 17.2. The fraction of sp³-hybridized carbons (Fsp3) is 0.538. The summed E-state index contributed by atoms with van der Waals surface area (Å²) in [7, 11) is -3.33. The van der Waals surface area contributed by atoms with Crippen LogP contribution in [0.2, 0.25) is 0 Å². The Labute approximate surface area is 219 Å². The monoisotopic (exact) mass is 547 g/mol. The number of hydrogen-bond donors (Lipinski definition) is 1. The Hall–Kier alpha value is -2.04. The van der Waals surface area contributed by atoms with Crippen LogP contribution in [0.15, 0.2) is 33.5 Å². The number of carboxylic acids is 1. The zero-order chi connectivity index (χ0) is 25.4. The van der Waals surface area contributed by atoms with Crippen LogP contribution in [0.3, 0.4) is 0 Å². The summed E-state index contributed by atoms with van der Waals surface area (Å²) < 4.78 is 26.9. The normalized spacial score (nSPS) is 21.0. The van der Waals surface area contributed by atoms with Gasteiger partial charge in [0.25, 0.3) is 0 Å². The number of hydrogen-bond acceptors (Lipinski definition) is 8. The largest absolute Gasteiger partial charge is 0.481 e. The number of carboxylic acid groups (broad SMARTS) is 1. The lowest BCUT2D eigenvalue weighted by atomic mass is 9.83. The average molecular weight is 548 g/mol. The van der Waals surface area contributed by atoms with Crippen LogP contribution in [0.5, 0.6) is 0 Å². The Kier molecular flexibility index (Phi) is 7.38. The van der Waals surface area contributed by atoms with E-state index < -0.39 is 21.7 Å². The zero-order valence-corrected chi connectivity index (χ0v) is 22.3. The number of ketones is 2. The molecule has 1 aromatic heterocycles. The summed E-state index contributed by atoms with van der Waals surface area (Å²) in [4.78, 5) is 41.1. The summed E-state index contributed by atoms with van der Waals surface area (Å²) in [6.45, 7) is 0. The first-order valence-corrected chi connectivity index (χ1v) is 15.8. The van der Waals surface area contributed by atoms with Crippen molar-refractivity contribution in [1.82, 2.24) is 4.98 Å². The molecule has 7 nitrogen and oxygen atoms in total. The molecule has 3 saturated carbocycles. The number of thiazole rings is 1. The van der Waals surface area contributed by atoms with E-state index in [0.29, 0.717) is 42.0 Å². The molecule has 0 amide bonds. The van der Waals surface area contributed by atoms with E-state index in [9.17, 15) is 22.8 Å². The van der Waals surface area contributed by atoms with Gasteiger partial charge in [0.1, 0.15) is 16.6 Å². The van der Waals surface area contributed by atoms with Crippen molar-refractivity contribution in [1.29, 1.82) is 0 Å². The molecule has 5 rings (SSSR count). The van der Waals surface area contributed by atoms with E-state index in [2.05, 4.69) is 4.98 Å². The number of thioether (sulfide) groups is 1. The Morgan fingerprint density at radius 2 is 1.94 bits per heavy atom. The minimum Gasteiger partial charge on any atom is -0.481 e. The Morgan fingerprint density at radius 3 is 2.58 bits per heavy atom. The molecule has 10 heteroatoms. The van der Waals surface area contributed by atoms with Crippen LogP contribution in [-0.2, 0) is 30.6 Å². The number of aliphatic carboxylic acids is 1. The van der Waals surface area contributed by atoms with Gasteiger partial charge in [-0.15, -0.1) is 23.1 Å². The van der Waals surface area contributed by atoms with E-state index >= 15 is 0 Å². The van der Waals surface area contributed by atoms with Crippen molar-refractivity contribution in [3.63, 3.8) is 0 Å². The third kappa shape index (κ3) is 5.92. The molecule has 0 aliphatic heterocycles. The summed E-state index contributed by atoms with van der Waals surface area (Å²) in [5.74, 6) is -0.804. The molecule has 192 valence electrons. The maximum atomic E-state index is 13.6. The lowest BCUT2D eigenvalue weighted by Gasteiger charge is -2.21. The predicted molar refractivity (Wildman–Crippen MR) is 138 cm³/mol. The van der Waals surface area contributed by atoms with E-state index in [-0.39, 0.29) is 40.8 Å². The quantitative estimate of drug-likeness (QED) is 0.377. The molecule has 0 radical (unpaired) electrons. The molecule has 0 saturated heterocycles. The molecule has 1 N–H and O–H groups in total. The van der Waals surface area contributed by atoms with Gasteiger partial charge in [0.05, 0.1) is 32.7 Å². The smallest absolute Gasteiger partial charge is 0.313 e. The molecular formula is C26H29NO6S3. The van der Waals surface area contributed by atoms with Crippen LogP contribution in [0, 0.1) is 5.92 Å². The Bertz CT molecular complexity index is 1290. The molecule has 3 aliphatic rings. The molecule has 36 heavy (non-hydrogen) atoms. The molecule has 0 bridgehead atoms. The van der Waals surface area contributed by atoms with Gasteiger partial charge in [-0.1, -0.05) is 12.1 Å². The van der Waals surface area contributed by atoms with Gasteiger partial charge in [0.15, 0.2) is 9.84 Å². The third-order valence-corrected chi connectivity index (χ3v) is 11.7. The number of aromatic nitrogens is 1. The van der Waals surface area contributed by atoms with Gasteiger partial charge in [-0.3, -0.25) is 14.4 Å². The highest BCUT2D eigenvalue weighted by Gasteiger charge is 2.41. The lowest BCUT2D eigenvalue weighted by molar-refractivity contribution is -0.134. The number of carbonyl (C=O) groups excluding carboxylic acids is 2. The third-order valence-electron chi connectivity index (χ3n) is 7.22. The minimum absolute atomic E-state index is 0.00182. The maximum Gasteiger partial charge on any atom is 0.313 e. The standard InChI is InChI=1S/C26H29NO6S3/c28-18-5-1-15(9-18)10-20(22(29)12-24-27-13-26(35-24)34-14-25(30)31)17-4-8-23(21(11-17)16-2-3-16)36(32,33)19-6-7-19/h4,8,11,13,15-16,19-20H,1-3,5-7,9-10,12,14H2,(H,30,31)/t15-,20+/m0/s1. The average Bonchev–Trinajstić information content (AvgIpc) is 3.77. The molecule has 3 fully saturated rings. The first-order valence-electron chi connectivity index (χ1n) is 12.4. The number of nitrogens with zero attached hydrogens (tertiary/aromatic N) is 1. The highest BCUT2D eigenvalue weighted by atomic mass is 32.2. The number of benzene rings is 1. The van der Waals surface area contributed by atoms with Crippen molar-refractivity contribution < 1.29 is 27.9 Å². The van der Waals surface area contributed by atoms with E-state index in [1.165, 1.54) is 23.1 Å². The van der Waals surface area contributed by atoms with Gasteiger partial charge >= 0.3 is 5.97 Å². The molecule has 0 unspecified atom stereocenters. The van der Waals surface area contributed by atoms with Crippen LogP contribution < -0.4 is 0 Å². The topological polar surface area (TPSA) is 118 Å². The minimum atomic E-state index is -3.33. The van der Waals surface area contributed by atoms with Crippen molar-refractivity contribution >= 4 is 50.5 Å². The highest BCUT2D eigenvalue weighted by Crippen LogP contribution is 2.47. The van der Waals surface area contributed by atoms with Crippen LogP contribution >= 0.6 is 23.1 Å². The van der Waals surface area contributed by atoms with Gasteiger partial charge in [-0.05, 0) is 67.6 Å². The number of carbonyl (C=O) groups is 3. The van der Waals surface area contributed by atoms with Crippen molar-refractivity contribution in [3.05, 3.63) is 40.5 Å². The predicted octanol–water partition coefficient (Wildman–Crippen LogP) is 4.79. The highest BCUT2D eigenvalue weighted by molar-refractivity contribution is 8.01. The molecule has 0 spiro atoms. The van der Waals surface area contributed by atoms with E-state index in [0.717, 1.165) is 34.6 Å².